The van der Waals surface area contributed by atoms with Crippen molar-refractivity contribution in [2.75, 3.05) is 17.3 Å². The molecular weight excluding hydrogens is 468 g/mol. The Morgan fingerprint density at radius 2 is 1.70 bits per heavy atom. The second kappa shape index (κ2) is 8.61. The van der Waals surface area contributed by atoms with Crippen molar-refractivity contribution >= 4 is 34.7 Å². The molecule has 1 aromatic heterocycles. The van der Waals surface area contributed by atoms with Gasteiger partial charge < -0.3 is 14.8 Å². The highest BCUT2D eigenvalue weighted by Gasteiger charge is 2.50. The molecule has 5 aromatic rings. The quantitative estimate of drug-likeness (QED) is 0.318. The van der Waals surface area contributed by atoms with E-state index in [-0.39, 0.29) is 11.9 Å². The number of hydrogen-bond acceptors (Lipinski definition) is 5. The molecule has 2 heterocycles. The van der Waals surface area contributed by atoms with Gasteiger partial charge in [-0.2, -0.15) is 0 Å². The largest absolute Gasteiger partial charge is 0.453 e. The van der Waals surface area contributed by atoms with Crippen LogP contribution >= 0.6 is 0 Å². The predicted octanol–water partition coefficient (Wildman–Crippen LogP) is 5.26. The van der Waals surface area contributed by atoms with Crippen LogP contribution in [0.5, 0.6) is 0 Å². The molecule has 37 heavy (non-hydrogen) atoms. The monoisotopic (exact) mass is 490 g/mol. The van der Waals surface area contributed by atoms with Crippen LogP contribution in [0.15, 0.2) is 97.1 Å². The van der Waals surface area contributed by atoms with Crippen LogP contribution in [0, 0.1) is 0 Å². The Morgan fingerprint density at radius 1 is 0.946 bits per heavy atom. The smallest absolute Gasteiger partial charge is 0.413 e. The number of nitrogens with one attached hydrogen (secondary N) is 2. The van der Waals surface area contributed by atoms with Crippen molar-refractivity contribution in [3.8, 4) is 11.1 Å². The van der Waals surface area contributed by atoms with E-state index < -0.39 is 11.8 Å². The van der Waals surface area contributed by atoms with Crippen LogP contribution in [-0.4, -0.2) is 34.2 Å². The molecule has 0 bridgehead atoms. The molecule has 0 spiro atoms. The van der Waals surface area contributed by atoms with Crippen LogP contribution in [0.3, 0.4) is 0 Å². The number of fused-ring (bicyclic) bond motifs is 2. The summed E-state index contributed by atoms with van der Waals surface area (Å²) in [5.74, 6) is -0.0974. The van der Waals surface area contributed by atoms with Crippen molar-refractivity contribution in [2.45, 2.75) is 5.72 Å². The van der Waals surface area contributed by atoms with E-state index in [0.717, 1.165) is 11.1 Å². The molecule has 3 N–H and O–H groups in total. The molecule has 8 nitrogen and oxygen atoms in total. The molecule has 1 aliphatic heterocycles. The summed E-state index contributed by atoms with van der Waals surface area (Å²) in [5, 5.41) is 14.9. The Morgan fingerprint density at radius 3 is 2.51 bits per heavy atom. The van der Waals surface area contributed by atoms with Gasteiger partial charge in [-0.25, -0.2) is 9.78 Å². The Kier molecular flexibility index (Phi) is 5.24. The fraction of sp³-hybridized carbons (Fsp3) is 0.0690. The lowest BCUT2D eigenvalue weighted by Crippen LogP contribution is -2.45. The van der Waals surface area contributed by atoms with E-state index in [1.807, 2.05) is 54.6 Å². The Bertz CT molecular complexity index is 1660. The standard InChI is InChI=1S/C29H22N4O4/c1-37-28(35)32-27-30-24-15-14-20(17-25(24)31-27)29(36)23-13-6-5-12-22(23)26(34)33(29)21-11-7-10-19(16-21)18-8-3-2-4-9-18/h2-17,36H,1H3,(H2,30,31,32,35). The second-order valence-corrected chi connectivity index (χ2v) is 8.71. The molecule has 0 saturated carbocycles. The lowest BCUT2D eigenvalue weighted by Gasteiger charge is -2.35. The highest BCUT2D eigenvalue weighted by atomic mass is 16.5. The molecule has 2 amide bonds. The first-order valence-electron chi connectivity index (χ1n) is 11.7. The van der Waals surface area contributed by atoms with Crippen LogP contribution in [0.2, 0.25) is 0 Å². The molecule has 6 rings (SSSR count). The highest BCUT2D eigenvalue weighted by molar-refractivity contribution is 6.12. The maximum Gasteiger partial charge on any atom is 0.413 e. The number of benzene rings is 4. The molecule has 0 radical (unpaired) electrons. The average molecular weight is 491 g/mol. The number of imidazole rings is 1. The van der Waals surface area contributed by atoms with E-state index in [1.165, 1.54) is 12.0 Å². The number of aliphatic hydroxyl groups is 1. The molecule has 4 aromatic carbocycles. The third-order valence-electron chi connectivity index (χ3n) is 6.56. The van der Waals surface area contributed by atoms with Gasteiger partial charge in [0.05, 0.1) is 18.1 Å². The number of amides is 2. The van der Waals surface area contributed by atoms with Crippen molar-refractivity contribution in [3.63, 3.8) is 0 Å². The lowest BCUT2D eigenvalue weighted by atomic mass is 9.93. The van der Waals surface area contributed by atoms with Gasteiger partial charge in [-0.3, -0.25) is 15.0 Å². The van der Waals surface area contributed by atoms with Crippen molar-refractivity contribution < 1.29 is 19.4 Å². The first-order valence-corrected chi connectivity index (χ1v) is 11.7. The van der Waals surface area contributed by atoms with Crippen molar-refractivity contribution in [1.82, 2.24) is 9.97 Å². The van der Waals surface area contributed by atoms with E-state index in [0.29, 0.717) is 33.4 Å². The summed E-state index contributed by atoms with van der Waals surface area (Å²) in [4.78, 5) is 34.2. The molecule has 0 aliphatic carbocycles. The van der Waals surface area contributed by atoms with Crippen LogP contribution in [0.4, 0.5) is 16.4 Å². The number of carbonyl (C=O) groups is 2. The number of anilines is 2. The van der Waals surface area contributed by atoms with E-state index >= 15 is 0 Å². The maximum absolute atomic E-state index is 13.7. The molecule has 1 unspecified atom stereocenters. The zero-order valence-electron chi connectivity index (χ0n) is 19.8. The number of carbonyl (C=O) groups excluding carboxylic acids is 2. The Balaban J connectivity index is 1.50. The van der Waals surface area contributed by atoms with Crippen molar-refractivity contribution in [1.29, 1.82) is 0 Å². The second-order valence-electron chi connectivity index (χ2n) is 8.71. The van der Waals surface area contributed by atoms with E-state index in [9.17, 15) is 14.7 Å². The number of hydrogen-bond donors (Lipinski definition) is 3. The summed E-state index contributed by atoms with van der Waals surface area (Å²) in [6.07, 6.45) is -0.655. The van der Waals surface area contributed by atoms with E-state index in [1.54, 1.807) is 42.5 Å². The molecule has 182 valence electrons. The molecule has 0 saturated heterocycles. The van der Waals surface area contributed by atoms with Gasteiger partial charge in [-0.15, -0.1) is 0 Å². The zero-order chi connectivity index (χ0) is 25.6. The third kappa shape index (κ3) is 3.62. The number of aromatic nitrogens is 2. The fourth-order valence-corrected chi connectivity index (χ4v) is 4.83. The van der Waals surface area contributed by atoms with Gasteiger partial charge in [0.1, 0.15) is 0 Å². The molecule has 0 fully saturated rings. The lowest BCUT2D eigenvalue weighted by molar-refractivity contribution is 0.0704. The van der Waals surface area contributed by atoms with E-state index in [2.05, 4.69) is 20.0 Å². The minimum atomic E-state index is -1.79. The normalized spacial score (nSPS) is 16.6. The predicted molar refractivity (Wildman–Crippen MR) is 140 cm³/mol. The first-order chi connectivity index (χ1) is 18.0. The van der Waals surface area contributed by atoms with Gasteiger partial charge in [-0.1, -0.05) is 66.7 Å². The SMILES string of the molecule is COC(=O)Nc1nc2cc(C3(O)c4ccccc4C(=O)N3c3cccc(-c4ccccc4)c3)ccc2[nH]1. The van der Waals surface area contributed by atoms with Crippen LogP contribution in [-0.2, 0) is 10.5 Å². The van der Waals surface area contributed by atoms with Crippen LogP contribution in [0.25, 0.3) is 22.2 Å². The number of H-pyrrole nitrogens is 1. The van der Waals surface area contributed by atoms with Gasteiger partial charge >= 0.3 is 6.09 Å². The Hall–Kier alpha value is -4.95. The summed E-state index contributed by atoms with van der Waals surface area (Å²) in [6, 6.07) is 29.7. The van der Waals surface area contributed by atoms with Crippen molar-refractivity contribution in [2.24, 2.45) is 0 Å². The minimum Gasteiger partial charge on any atom is -0.453 e. The van der Waals surface area contributed by atoms with Gasteiger partial charge in [0.2, 0.25) is 5.95 Å². The third-order valence-corrected chi connectivity index (χ3v) is 6.56. The number of methoxy groups -OCH3 is 1. The van der Waals surface area contributed by atoms with Gasteiger partial charge in [0, 0.05) is 22.4 Å². The summed E-state index contributed by atoms with van der Waals surface area (Å²) >= 11 is 0. The van der Waals surface area contributed by atoms with E-state index in [4.69, 9.17) is 0 Å². The van der Waals surface area contributed by atoms with Gasteiger partial charge in [-0.05, 0) is 41.5 Å². The van der Waals surface area contributed by atoms with Crippen molar-refractivity contribution in [3.05, 3.63) is 114 Å². The molecule has 1 aliphatic rings. The molecule has 1 atom stereocenters. The van der Waals surface area contributed by atoms with Gasteiger partial charge in [0.25, 0.3) is 5.91 Å². The summed E-state index contributed by atoms with van der Waals surface area (Å²) < 4.78 is 4.63. The maximum atomic E-state index is 13.7. The van der Waals surface area contributed by atoms with Crippen LogP contribution in [0.1, 0.15) is 21.5 Å². The average Bonchev–Trinajstić information content (AvgIpc) is 3.44. The van der Waals surface area contributed by atoms with Crippen LogP contribution < -0.4 is 10.2 Å². The topological polar surface area (TPSA) is 108 Å². The van der Waals surface area contributed by atoms with Gasteiger partial charge in [0.15, 0.2) is 5.72 Å². The number of aromatic amines is 1. The molecule has 8 heteroatoms. The zero-order valence-corrected chi connectivity index (χ0v) is 19.8. The highest BCUT2D eigenvalue weighted by Crippen LogP contribution is 2.46. The minimum absolute atomic E-state index is 0.210. The number of rotatable bonds is 4. The molecular formula is C29H22N4O4. The number of nitrogens with zero attached hydrogens (tertiary/aromatic N) is 2. The summed E-state index contributed by atoms with van der Waals surface area (Å²) in [6.45, 7) is 0. The first kappa shape index (κ1) is 22.5. The summed E-state index contributed by atoms with van der Waals surface area (Å²) in [5.41, 5.74) is 3.21. The Labute approximate surface area is 212 Å². The summed E-state index contributed by atoms with van der Waals surface area (Å²) in [7, 11) is 1.27. The number of ether oxygens (including phenoxy) is 1. The fourth-order valence-electron chi connectivity index (χ4n) is 4.83.